The largest absolute Gasteiger partial charge is 0.299 e. The molecule has 0 aromatic heterocycles. The molecule has 204 valence electrons. The number of hydrogen-bond acceptors (Lipinski definition) is 3. The summed E-state index contributed by atoms with van der Waals surface area (Å²) in [6, 6.07) is 15.4. The number of nitrogens with zero attached hydrogens (tertiary/aromatic N) is 3. The molecular weight excluding hydrogens is 478 g/mol. The number of fused-ring (bicyclic) bond motifs is 1. The van der Waals surface area contributed by atoms with E-state index in [1.165, 1.54) is 60.2 Å². The summed E-state index contributed by atoms with van der Waals surface area (Å²) in [6.07, 6.45) is 13.4. The first-order valence-corrected chi connectivity index (χ1v) is 15.0. The van der Waals surface area contributed by atoms with E-state index in [1.807, 2.05) is 6.08 Å². The summed E-state index contributed by atoms with van der Waals surface area (Å²) < 4.78 is 0. The first kappa shape index (κ1) is 27.6. The molecule has 1 saturated heterocycles. The molecule has 0 atom stereocenters. The lowest BCUT2D eigenvalue weighted by Crippen LogP contribution is -2.33. The van der Waals surface area contributed by atoms with Crippen molar-refractivity contribution in [3.8, 4) is 0 Å². The van der Waals surface area contributed by atoms with Crippen molar-refractivity contribution in [3.63, 3.8) is 0 Å². The van der Waals surface area contributed by atoms with Crippen LogP contribution in [0.15, 0.2) is 65.9 Å². The highest BCUT2D eigenvalue weighted by Gasteiger charge is 2.21. The Bertz CT molecular complexity index is 1240. The Morgan fingerprint density at radius 1 is 0.872 bits per heavy atom. The highest BCUT2D eigenvalue weighted by Crippen LogP contribution is 2.26. The Labute approximate surface area is 235 Å². The van der Waals surface area contributed by atoms with E-state index in [0.717, 1.165) is 75.5 Å². The topological polar surface area (TPSA) is 27.9 Å². The van der Waals surface area contributed by atoms with Crippen LogP contribution < -0.4 is 0 Å². The number of rotatable bonds is 9. The van der Waals surface area contributed by atoms with Crippen molar-refractivity contribution in [1.82, 2.24) is 9.80 Å². The van der Waals surface area contributed by atoms with Crippen LogP contribution >= 0.6 is 0 Å². The molecule has 0 unspecified atom stereocenters. The number of allylic oxidation sites excluding steroid dienone is 3. The SMILES string of the molecule is [C-]#[N+]C1=CC=C(CN2CCc3ccc(C(=O)CCCC4CCN(Cc5ccc(C)cc5)CC4)cc3CC2)CC1. The smallest absolute Gasteiger partial charge is 0.165 e. The Kier molecular flexibility index (Phi) is 9.45. The Balaban J connectivity index is 1.04. The van der Waals surface area contributed by atoms with E-state index in [1.54, 1.807) is 0 Å². The van der Waals surface area contributed by atoms with Gasteiger partial charge in [-0.3, -0.25) is 14.6 Å². The number of hydrogen-bond donors (Lipinski definition) is 0. The number of piperidine rings is 1. The van der Waals surface area contributed by atoms with E-state index >= 15 is 0 Å². The summed E-state index contributed by atoms with van der Waals surface area (Å²) in [5.74, 6) is 1.07. The fourth-order valence-electron chi connectivity index (χ4n) is 6.37. The fourth-order valence-corrected chi connectivity index (χ4v) is 6.37. The number of carbonyl (C=O) groups is 1. The van der Waals surface area contributed by atoms with E-state index in [4.69, 9.17) is 6.57 Å². The Morgan fingerprint density at radius 2 is 1.62 bits per heavy atom. The van der Waals surface area contributed by atoms with Crippen LogP contribution in [0.25, 0.3) is 4.85 Å². The molecule has 2 aromatic rings. The monoisotopic (exact) mass is 521 g/mol. The molecule has 2 aliphatic heterocycles. The Hall–Kier alpha value is -3.00. The van der Waals surface area contributed by atoms with Crippen molar-refractivity contribution in [2.45, 2.75) is 71.3 Å². The summed E-state index contributed by atoms with van der Waals surface area (Å²) in [5.41, 5.74) is 8.70. The lowest BCUT2D eigenvalue weighted by molar-refractivity contribution is 0.0974. The van der Waals surface area contributed by atoms with Crippen LogP contribution in [0.4, 0.5) is 0 Å². The first-order chi connectivity index (χ1) is 19.1. The normalized spacial score (nSPS) is 19.0. The molecule has 0 saturated carbocycles. The van der Waals surface area contributed by atoms with Crippen LogP contribution in [0.3, 0.4) is 0 Å². The zero-order valence-electron chi connectivity index (χ0n) is 23.6. The molecule has 1 aliphatic carbocycles. The van der Waals surface area contributed by atoms with E-state index in [9.17, 15) is 4.79 Å². The van der Waals surface area contributed by atoms with Crippen LogP contribution in [0, 0.1) is 19.4 Å². The van der Waals surface area contributed by atoms with Crippen molar-refractivity contribution in [2.24, 2.45) is 5.92 Å². The molecule has 5 rings (SSSR count). The molecule has 4 nitrogen and oxygen atoms in total. The van der Waals surface area contributed by atoms with Crippen LogP contribution in [-0.4, -0.2) is 48.3 Å². The first-order valence-electron chi connectivity index (χ1n) is 15.0. The third-order valence-electron chi connectivity index (χ3n) is 8.96. The lowest BCUT2D eigenvalue weighted by Gasteiger charge is -2.32. The van der Waals surface area contributed by atoms with Crippen molar-refractivity contribution in [3.05, 3.63) is 105 Å². The number of carbonyl (C=O) groups excluding carboxylic acids is 1. The molecule has 0 spiro atoms. The van der Waals surface area contributed by atoms with Crippen molar-refractivity contribution in [2.75, 3.05) is 32.7 Å². The molecule has 0 bridgehead atoms. The van der Waals surface area contributed by atoms with Gasteiger partial charge in [-0.2, -0.15) is 0 Å². The summed E-state index contributed by atoms with van der Waals surface area (Å²) in [7, 11) is 0. The highest BCUT2D eigenvalue weighted by atomic mass is 16.1. The van der Waals surface area contributed by atoms with E-state index in [0.29, 0.717) is 12.2 Å². The van der Waals surface area contributed by atoms with Gasteiger partial charge in [-0.25, -0.2) is 4.85 Å². The third kappa shape index (κ3) is 7.78. The lowest BCUT2D eigenvalue weighted by atomic mass is 9.90. The van der Waals surface area contributed by atoms with Gasteiger partial charge in [0.25, 0.3) is 0 Å². The van der Waals surface area contributed by atoms with Gasteiger partial charge in [0.1, 0.15) is 0 Å². The van der Waals surface area contributed by atoms with Gasteiger partial charge in [0.05, 0.1) is 6.57 Å². The predicted molar refractivity (Wildman–Crippen MR) is 160 cm³/mol. The second-order valence-corrected chi connectivity index (χ2v) is 11.9. The van der Waals surface area contributed by atoms with Gasteiger partial charge >= 0.3 is 0 Å². The molecule has 3 aliphatic rings. The second-order valence-electron chi connectivity index (χ2n) is 11.9. The molecule has 0 N–H and O–H groups in total. The zero-order valence-corrected chi connectivity index (χ0v) is 23.6. The predicted octanol–water partition coefficient (Wildman–Crippen LogP) is 7.18. The van der Waals surface area contributed by atoms with Crippen LogP contribution in [0.5, 0.6) is 0 Å². The molecular formula is C35H43N3O. The summed E-state index contributed by atoms with van der Waals surface area (Å²) in [4.78, 5) is 21.8. The molecule has 1 fully saturated rings. The number of benzene rings is 2. The van der Waals surface area contributed by atoms with Gasteiger partial charge in [0, 0.05) is 38.2 Å². The average Bonchev–Trinajstić information content (AvgIpc) is 3.17. The molecule has 0 amide bonds. The molecule has 2 heterocycles. The maximum absolute atomic E-state index is 13.1. The van der Waals surface area contributed by atoms with Gasteiger partial charge in [0.2, 0.25) is 0 Å². The summed E-state index contributed by atoms with van der Waals surface area (Å²) >= 11 is 0. The summed E-state index contributed by atoms with van der Waals surface area (Å²) in [6.45, 7) is 15.8. The van der Waals surface area contributed by atoms with Gasteiger partial charge in [-0.05, 0) is 100 Å². The van der Waals surface area contributed by atoms with Gasteiger partial charge < -0.3 is 0 Å². The molecule has 2 aromatic carbocycles. The maximum atomic E-state index is 13.1. The highest BCUT2D eigenvalue weighted by molar-refractivity contribution is 5.96. The third-order valence-corrected chi connectivity index (χ3v) is 8.96. The zero-order chi connectivity index (χ0) is 27.0. The van der Waals surface area contributed by atoms with Gasteiger partial charge in [-0.1, -0.05) is 59.7 Å². The minimum atomic E-state index is 0.311. The van der Waals surface area contributed by atoms with Gasteiger partial charge in [-0.15, -0.1) is 0 Å². The van der Waals surface area contributed by atoms with E-state index in [-0.39, 0.29) is 0 Å². The minimum Gasteiger partial charge on any atom is -0.299 e. The molecule has 39 heavy (non-hydrogen) atoms. The number of likely N-dealkylation sites (tertiary alicyclic amines) is 1. The number of Topliss-reactive ketones (excluding diaryl/α,β-unsaturated/α-hetero) is 1. The van der Waals surface area contributed by atoms with E-state index in [2.05, 4.69) is 70.1 Å². The maximum Gasteiger partial charge on any atom is 0.165 e. The number of aryl methyl sites for hydroxylation is 1. The standard InChI is InChI=1S/C35H43N3O/c1-27-6-8-29(9-7-27)25-37-20-16-28(17-21-37)4-3-5-35(39)33-13-12-31-18-22-38(23-19-32(31)24-33)26-30-10-14-34(36-2)15-11-30/h6-10,12-14,24,28H,3-5,11,15-23,25-26H2,1H3. The van der Waals surface area contributed by atoms with Crippen molar-refractivity contribution in [1.29, 1.82) is 0 Å². The van der Waals surface area contributed by atoms with Gasteiger partial charge in [0.15, 0.2) is 11.5 Å². The van der Waals surface area contributed by atoms with Crippen LogP contribution in [0.1, 0.15) is 77.6 Å². The van der Waals surface area contributed by atoms with Crippen LogP contribution in [-0.2, 0) is 19.4 Å². The molecule has 0 radical (unpaired) electrons. The van der Waals surface area contributed by atoms with Crippen LogP contribution in [0.2, 0.25) is 0 Å². The minimum absolute atomic E-state index is 0.311. The number of ketones is 1. The fraction of sp³-hybridized carbons (Fsp3) is 0.486. The second kappa shape index (κ2) is 13.4. The van der Waals surface area contributed by atoms with Crippen molar-refractivity contribution >= 4 is 5.78 Å². The average molecular weight is 522 g/mol. The quantitative estimate of drug-likeness (QED) is 0.258. The summed E-state index contributed by atoms with van der Waals surface area (Å²) in [5, 5.41) is 0. The molecule has 4 heteroatoms. The Morgan fingerprint density at radius 3 is 2.33 bits per heavy atom. The van der Waals surface area contributed by atoms with E-state index < -0.39 is 0 Å². The van der Waals surface area contributed by atoms with Crippen molar-refractivity contribution < 1.29 is 4.79 Å².